The number of nitrogens with zero attached hydrogens (tertiary/aromatic N) is 5. The van der Waals surface area contributed by atoms with Gasteiger partial charge in [0.15, 0.2) is 11.6 Å². The molecule has 2 fully saturated rings. The highest BCUT2D eigenvalue weighted by Crippen LogP contribution is 2.23. The zero-order chi connectivity index (χ0) is 16.9. The van der Waals surface area contributed by atoms with Gasteiger partial charge >= 0.3 is 0 Å². The third kappa shape index (κ3) is 3.77. The fraction of sp³-hybridized carbons (Fsp3) is 0.706. The van der Waals surface area contributed by atoms with Gasteiger partial charge in [0, 0.05) is 45.9 Å². The highest BCUT2D eigenvalue weighted by molar-refractivity contribution is 5.77. The van der Waals surface area contributed by atoms with Crippen molar-refractivity contribution in [2.75, 3.05) is 56.2 Å². The molecule has 7 nitrogen and oxygen atoms in total. The summed E-state index contributed by atoms with van der Waals surface area (Å²) in [6.45, 7) is 6.44. The van der Waals surface area contributed by atoms with Gasteiger partial charge in [-0.1, -0.05) is 0 Å². The SMILES string of the molecule is COCC(=O)N1CCN(c2ccc(N3CCCCC3C)nn2)CC1. The van der Waals surface area contributed by atoms with Crippen LogP contribution in [-0.2, 0) is 9.53 Å². The van der Waals surface area contributed by atoms with Gasteiger partial charge in [-0.25, -0.2) is 0 Å². The molecule has 2 aliphatic rings. The monoisotopic (exact) mass is 333 g/mol. The highest BCUT2D eigenvalue weighted by atomic mass is 16.5. The molecule has 0 bridgehead atoms. The van der Waals surface area contributed by atoms with Gasteiger partial charge in [-0.2, -0.15) is 0 Å². The molecule has 0 radical (unpaired) electrons. The molecule has 3 rings (SSSR count). The van der Waals surface area contributed by atoms with Gasteiger partial charge in [0.05, 0.1) is 0 Å². The van der Waals surface area contributed by atoms with Crippen LogP contribution in [0.4, 0.5) is 11.6 Å². The molecule has 1 aromatic heterocycles. The summed E-state index contributed by atoms with van der Waals surface area (Å²) in [5, 5.41) is 8.87. The van der Waals surface area contributed by atoms with Crippen molar-refractivity contribution >= 4 is 17.5 Å². The predicted molar refractivity (Wildman–Crippen MR) is 93.4 cm³/mol. The lowest BCUT2D eigenvalue weighted by molar-refractivity contribution is -0.135. The first kappa shape index (κ1) is 17.0. The van der Waals surface area contributed by atoms with Crippen LogP contribution in [0.25, 0.3) is 0 Å². The van der Waals surface area contributed by atoms with Crippen LogP contribution in [-0.4, -0.2) is 73.5 Å². The minimum atomic E-state index is 0.0534. The molecule has 0 spiro atoms. The first-order valence-electron chi connectivity index (χ1n) is 8.81. The average molecular weight is 333 g/mol. The number of ether oxygens (including phenoxy) is 1. The van der Waals surface area contributed by atoms with Crippen molar-refractivity contribution in [3.8, 4) is 0 Å². The molecule has 132 valence electrons. The standard InChI is InChI=1S/C17H27N5O2/c1-14-5-3-4-8-22(14)16-7-6-15(18-19-16)20-9-11-21(12-10-20)17(23)13-24-2/h6-7,14H,3-5,8-13H2,1-2H3. The van der Waals surface area contributed by atoms with E-state index in [9.17, 15) is 4.79 Å². The molecule has 0 N–H and O–H groups in total. The Labute approximate surface area is 143 Å². The van der Waals surface area contributed by atoms with E-state index in [1.54, 1.807) is 7.11 Å². The van der Waals surface area contributed by atoms with Gasteiger partial charge in [0.1, 0.15) is 6.61 Å². The maximum absolute atomic E-state index is 11.8. The Kier molecular flexibility index (Phi) is 5.50. The maximum Gasteiger partial charge on any atom is 0.248 e. The van der Waals surface area contributed by atoms with Gasteiger partial charge in [0.25, 0.3) is 0 Å². The van der Waals surface area contributed by atoms with Crippen LogP contribution in [0, 0.1) is 0 Å². The van der Waals surface area contributed by atoms with Gasteiger partial charge in [-0.3, -0.25) is 4.79 Å². The predicted octanol–water partition coefficient (Wildman–Crippen LogP) is 1.15. The number of hydrogen-bond donors (Lipinski definition) is 0. The van der Waals surface area contributed by atoms with Crippen LogP contribution in [0.5, 0.6) is 0 Å². The summed E-state index contributed by atoms with van der Waals surface area (Å²) < 4.78 is 4.92. The summed E-state index contributed by atoms with van der Waals surface area (Å²) in [5.74, 6) is 1.92. The second-order valence-corrected chi connectivity index (χ2v) is 6.59. The number of piperidine rings is 1. The summed E-state index contributed by atoms with van der Waals surface area (Å²) in [7, 11) is 1.55. The molecule has 0 aliphatic carbocycles. The lowest BCUT2D eigenvalue weighted by atomic mass is 10.0. The topological polar surface area (TPSA) is 61.8 Å². The number of amides is 1. The van der Waals surface area contributed by atoms with Crippen molar-refractivity contribution in [2.24, 2.45) is 0 Å². The summed E-state index contributed by atoms with van der Waals surface area (Å²) >= 11 is 0. The zero-order valence-corrected chi connectivity index (χ0v) is 14.6. The molecule has 3 heterocycles. The molecule has 0 aromatic carbocycles. The number of hydrogen-bond acceptors (Lipinski definition) is 6. The smallest absolute Gasteiger partial charge is 0.248 e. The van der Waals surface area contributed by atoms with Crippen LogP contribution in [0.3, 0.4) is 0 Å². The molecular formula is C17H27N5O2. The summed E-state index contributed by atoms with van der Waals surface area (Å²) in [4.78, 5) is 18.2. The second-order valence-electron chi connectivity index (χ2n) is 6.59. The molecule has 1 amide bonds. The zero-order valence-electron chi connectivity index (χ0n) is 14.6. The minimum Gasteiger partial charge on any atom is -0.375 e. The van der Waals surface area contributed by atoms with Crippen LogP contribution in [0.1, 0.15) is 26.2 Å². The summed E-state index contributed by atoms with van der Waals surface area (Å²) in [5.41, 5.74) is 0. The number of carbonyl (C=O) groups is 1. The fourth-order valence-electron chi connectivity index (χ4n) is 3.48. The lowest BCUT2D eigenvalue weighted by Gasteiger charge is -2.36. The number of methoxy groups -OCH3 is 1. The lowest BCUT2D eigenvalue weighted by Crippen LogP contribution is -2.50. The largest absolute Gasteiger partial charge is 0.375 e. The highest BCUT2D eigenvalue weighted by Gasteiger charge is 2.23. The summed E-state index contributed by atoms with van der Waals surface area (Å²) in [6, 6.07) is 4.66. The van der Waals surface area contributed by atoms with E-state index in [4.69, 9.17) is 4.74 Å². The van der Waals surface area contributed by atoms with Crippen LogP contribution < -0.4 is 9.80 Å². The molecule has 0 saturated carbocycles. The molecule has 2 saturated heterocycles. The van der Waals surface area contributed by atoms with Crippen molar-refractivity contribution in [3.63, 3.8) is 0 Å². The van der Waals surface area contributed by atoms with Crippen molar-refractivity contribution in [2.45, 2.75) is 32.2 Å². The molecule has 24 heavy (non-hydrogen) atoms. The van der Waals surface area contributed by atoms with E-state index in [-0.39, 0.29) is 12.5 Å². The Morgan fingerprint density at radius 3 is 2.46 bits per heavy atom. The molecule has 1 unspecified atom stereocenters. The Morgan fingerprint density at radius 1 is 1.12 bits per heavy atom. The van der Waals surface area contributed by atoms with E-state index in [1.165, 1.54) is 19.3 Å². The van der Waals surface area contributed by atoms with Crippen molar-refractivity contribution in [3.05, 3.63) is 12.1 Å². The van der Waals surface area contributed by atoms with Crippen LogP contribution in [0.2, 0.25) is 0 Å². The maximum atomic E-state index is 11.8. The van der Waals surface area contributed by atoms with E-state index in [0.29, 0.717) is 19.1 Å². The number of anilines is 2. The normalized spacial score (nSPS) is 21.9. The fourth-order valence-corrected chi connectivity index (χ4v) is 3.48. The van der Waals surface area contributed by atoms with Gasteiger partial charge < -0.3 is 19.4 Å². The number of rotatable bonds is 4. The van der Waals surface area contributed by atoms with Gasteiger partial charge in [-0.15, -0.1) is 10.2 Å². The molecule has 1 aromatic rings. The number of piperazine rings is 1. The van der Waals surface area contributed by atoms with Gasteiger partial charge in [-0.05, 0) is 38.3 Å². The third-order valence-electron chi connectivity index (χ3n) is 4.96. The quantitative estimate of drug-likeness (QED) is 0.824. The first-order chi connectivity index (χ1) is 11.7. The molecule has 7 heteroatoms. The number of aromatic nitrogens is 2. The van der Waals surface area contributed by atoms with E-state index in [1.807, 2.05) is 4.90 Å². The Bertz CT molecular complexity index is 542. The van der Waals surface area contributed by atoms with E-state index in [2.05, 4.69) is 39.1 Å². The van der Waals surface area contributed by atoms with Crippen LogP contribution in [0.15, 0.2) is 12.1 Å². The number of carbonyl (C=O) groups excluding carboxylic acids is 1. The summed E-state index contributed by atoms with van der Waals surface area (Å²) in [6.07, 6.45) is 3.75. The van der Waals surface area contributed by atoms with Crippen LogP contribution >= 0.6 is 0 Å². The van der Waals surface area contributed by atoms with Crippen molar-refractivity contribution in [1.29, 1.82) is 0 Å². The Balaban J connectivity index is 1.57. The Morgan fingerprint density at radius 2 is 1.83 bits per heavy atom. The first-order valence-corrected chi connectivity index (χ1v) is 8.81. The molecule has 1 atom stereocenters. The average Bonchev–Trinajstić information content (AvgIpc) is 2.63. The van der Waals surface area contributed by atoms with E-state index < -0.39 is 0 Å². The van der Waals surface area contributed by atoms with Crippen molar-refractivity contribution < 1.29 is 9.53 Å². The van der Waals surface area contributed by atoms with Gasteiger partial charge in [0.2, 0.25) is 5.91 Å². The van der Waals surface area contributed by atoms with E-state index in [0.717, 1.165) is 31.3 Å². The second kappa shape index (κ2) is 7.79. The van der Waals surface area contributed by atoms with E-state index >= 15 is 0 Å². The third-order valence-corrected chi connectivity index (χ3v) is 4.96. The Hall–Kier alpha value is -1.89. The molecular weight excluding hydrogens is 306 g/mol. The molecule has 2 aliphatic heterocycles. The van der Waals surface area contributed by atoms with Crippen molar-refractivity contribution in [1.82, 2.24) is 15.1 Å². The minimum absolute atomic E-state index is 0.0534.